The second kappa shape index (κ2) is 10.0. The number of methoxy groups -OCH3 is 4. The highest BCUT2D eigenvalue weighted by atomic mass is 16.5. The molecule has 0 bridgehead atoms. The number of hydrogen-bond acceptors (Lipinski definition) is 7. The number of aromatic hydroxyl groups is 1. The van der Waals surface area contributed by atoms with Gasteiger partial charge in [0.1, 0.15) is 22.8 Å². The molecule has 164 valence electrons. The van der Waals surface area contributed by atoms with Gasteiger partial charge in [0, 0.05) is 18.2 Å². The fraction of sp³-hybridized carbons (Fsp3) is 0.292. The van der Waals surface area contributed by atoms with Gasteiger partial charge in [-0.05, 0) is 36.8 Å². The first kappa shape index (κ1) is 22.2. The molecule has 2 aromatic rings. The van der Waals surface area contributed by atoms with Gasteiger partial charge in [-0.2, -0.15) is 0 Å². The molecule has 2 aromatic carbocycles. The topological polar surface area (TPSA) is 86.3 Å². The molecule has 0 unspecified atom stereocenters. The highest BCUT2D eigenvalue weighted by molar-refractivity contribution is 6.12. The molecule has 1 heterocycles. The van der Waals surface area contributed by atoms with E-state index in [2.05, 4.69) is 5.32 Å². The summed E-state index contributed by atoms with van der Waals surface area (Å²) in [6.07, 6.45) is 5.69. The van der Waals surface area contributed by atoms with Crippen LogP contribution in [0.25, 0.3) is 11.6 Å². The minimum absolute atomic E-state index is 0.0795. The van der Waals surface area contributed by atoms with E-state index in [9.17, 15) is 9.90 Å². The predicted octanol–water partition coefficient (Wildman–Crippen LogP) is 3.70. The minimum atomic E-state index is -0.405. The standard InChI is InChI=1S/C24H27NO6/c1-28-18-7-5-6-16(24(18)31-4)8-9-17(26)22-20(30-3)14-19(29-2)21(23(22)27)15-10-12-25-13-11-15/h5-10,14,25,27H,11-13H2,1-4H3/b9-8+. The molecule has 0 saturated heterocycles. The van der Waals surface area contributed by atoms with Gasteiger partial charge in [-0.15, -0.1) is 0 Å². The van der Waals surface area contributed by atoms with Gasteiger partial charge in [-0.3, -0.25) is 4.79 Å². The maximum absolute atomic E-state index is 13.1. The van der Waals surface area contributed by atoms with Crippen LogP contribution in [0, 0.1) is 0 Å². The third-order valence-corrected chi connectivity index (χ3v) is 5.15. The van der Waals surface area contributed by atoms with Crippen molar-refractivity contribution in [3.05, 3.63) is 53.1 Å². The molecule has 7 heteroatoms. The monoisotopic (exact) mass is 425 g/mol. The van der Waals surface area contributed by atoms with E-state index in [-0.39, 0.29) is 17.1 Å². The summed E-state index contributed by atoms with van der Waals surface area (Å²) >= 11 is 0. The van der Waals surface area contributed by atoms with Gasteiger partial charge in [0.25, 0.3) is 0 Å². The van der Waals surface area contributed by atoms with Crippen LogP contribution in [0.5, 0.6) is 28.7 Å². The molecule has 1 aliphatic heterocycles. The Kier molecular flexibility index (Phi) is 7.20. The van der Waals surface area contributed by atoms with Gasteiger partial charge in [-0.1, -0.05) is 18.2 Å². The highest BCUT2D eigenvalue weighted by Gasteiger charge is 2.25. The normalized spacial score (nSPS) is 13.6. The fourth-order valence-corrected chi connectivity index (χ4v) is 3.63. The molecular weight excluding hydrogens is 398 g/mol. The highest BCUT2D eigenvalue weighted by Crippen LogP contribution is 2.44. The number of ether oxygens (including phenoxy) is 4. The van der Waals surface area contributed by atoms with Crippen molar-refractivity contribution in [2.24, 2.45) is 0 Å². The Morgan fingerprint density at radius 3 is 2.39 bits per heavy atom. The lowest BCUT2D eigenvalue weighted by Gasteiger charge is -2.20. The lowest BCUT2D eigenvalue weighted by atomic mass is 9.93. The molecule has 2 N–H and O–H groups in total. The first-order valence-corrected chi connectivity index (χ1v) is 9.87. The number of allylic oxidation sites excluding steroid dienone is 1. The van der Waals surface area contributed by atoms with Crippen LogP contribution in [0.15, 0.2) is 36.4 Å². The molecule has 31 heavy (non-hydrogen) atoms. The Morgan fingerprint density at radius 1 is 1.03 bits per heavy atom. The number of hydrogen-bond donors (Lipinski definition) is 2. The first-order valence-electron chi connectivity index (χ1n) is 9.87. The Morgan fingerprint density at radius 2 is 1.77 bits per heavy atom. The number of phenols is 1. The van der Waals surface area contributed by atoms with Gasteiger partial charge in [0.15, 0.2) is 17.3 Å². The summed E-state index contributed by atoms with van der Waals surface area (Å²) in [7, 11) is 6.06. The SMILES string of the molecule is COc1cccc(/C=C/C(=O)c2c(OC)cc(OC)c(C3=CCNCC3)c2O)c1OC. The summed E-state index contributed by atoms with van der Waals surface area (Å²) in [6.45, 7) is 1.46. The summed E-state index contributed by atoms with van der Waals surface area (Å²) in [5.74, 6) is 1.20. The predicted molar refractivity (Wildman–Crippen MR) is 120 cm³/mol. The van der Waals surface area contributed by atoms with Gasteiger partial charge in [0.05, 0.1) is 34.0 Å². The van der Waals surface area contributed by atoms with Crippen LogP contribution >= 0.6 is 0 Å². The van der Waals surface area contributed by atoms with Crippen LogP contribution in [0.2, 0.25) is 0 Å². The molecular formula is C24H27NO6. The van der Waals surface area contributed by atoms with Crippen molar-refractivity contribution in [2.75, 3.05) is 41.5 Å². The first-order chi connectivity index (χ1) is 15.0. The minimum Gasteiger partial charge on any atom is -0.506 e. The Balaban J connectivity index is 2.07. The molecule has 0 saturated carbocycles. The van der Waals surface area contributed by atoms with Crippen molar-refractivity contribution < 1.29 is 28.8 Å². The van der Waals surface area contributed by atoms with E-state index < -0.39 is 5.78 Å². The zero-order valence-electron chi connectivity index (χ0n) is 18.2. The zero-order valence-corrected chi connectivity index (χ0v) is 18.2. The molecule has 0 amide bonds. The number of phenolic OH excluding ortho intramolecular Hbond substituents is 1. The third kappa shape index (κ3) is 4.51. The van der Waals surface area contributed by atoms with E-state index in [1.54, 1.807) is 31.4 Å². The maximum atomic E-state index is 13.1. The van der Waals surface area contributed by atoms with Crippen molar-refractivity contribution in [2.45, 2.75) is 6.42 Å². The summed E-state index contributed by atoms with van der Waals surface area (Å²) in [4.78, 5) is 13.1. The Hall–Kier alpha value is -3.45. The second-order valence-corrected chi connectivity index (χ2v) is 6.84. The van der Waals surface area contributed by atoms with E-state index in [4.69, 9.17) is 18.9 Å². The number of carbonyl (C=O) groups is 1. The van der Waals surface area contributed by atoms with E-state index in [1.165, 1.54) is 27.4 Å². The maximum Gasteiger partial charge on any atom is 0.193 e. The third-order valence-electron chi connectivity index (χ3n) is 5.15. The number of ketones is 1. The van der Waals surface area contributed by atoms with Gasteiger partial charge in [0.2, 0.25) is 0 Å². The van der Waals surface area contributed by atoms with Crippen molar-refractivity contribution in [1.29, 1.82) is 0 Å². The number of rotatable bonds is 8. The molecule has 0 aliphatic carbocycles. The summed E-state index contributed by atoms with van der Waals surface area (Å²) in [5, 5.41) is 14.3. The Bertz CT molecular complexity index is 1030. The van der Waals surface area contributed by atoms with Crippen LogP contribution in [0.3, 0.4) is 0 Å². The molecule has 7 nitrogen and oxygen atoms in total. The molecule has 0 atom stereocenters. The Labute approximate surface area is 181 Å². The lowest BCUT2D eigenvalue weighted by Crippen LogP contribution is -2.20. The molecule has 0 spiro atoms. The van der Waals surface area contributed by atoms with Crippen LogP contribution in [-0.4, -0.2) is 52.4 Å². The summed E-state index contributed by atoms with van der Waals surface area (Å²) in [6, 6.07) is 7.01. The van der Waals surface area contributed by atoms with Gasteiger partial charge >= 0.3 is 0 Å². The second-order valence-electron chi connectivity index (χ2n) is 6.84. The number of nitrogens with one attached hydrogen (secondary N) is 1. The van der Waals surface area contributed by atoms with Crippen LogP contribution in [0.4, 0.5) is 0 Å². The van der Waals surface area contributed by atoms with Gasteiger partial charge < -0.3 is 29.4 Å². The number of benzene rings is 2. The molecule has 1 aliphatic rings. The van der Waals surface area contributed by atoms with E-state index >= 15 is 0 Å². The average Bonchev–Trinajstić information content (AvgIpc) is 2.81. The smallest absolute Gasteiger partial charge is 0.193 e. The van der Waals surface area contributed by atoms with E-state index in [0.717, 1.165) is 12.1 Å². The van der Waals surface area contributed by atoms with Gasteiger partial charge in [-0.25, -0.2) is 0 Å². The average molecular weight is 425 g/mol. The van der Waals surface area contributed by atoms with Crippen molar-refractivity contribution in [1.82, 2.24) is 5.32 Å². The molecule has 0 radical (unpaired) electrons. The van der Waals surface area contributed by atoms with Crippen molar-refractivity contribution >= 4 is 17.4 Å². The van der Waals surface area contributed by atoms with E-state index in [0.29, 0.717) is 41.3 Å². The largest absolute Gasteiger partial charge is 0.506 e. The molecule has 0 fully saturated rings. The van der Waals surface area contributed by atoms with Crippen molar-refractivity contribution in [3.63, 3.8) is 0 Å². The van der Waals surface area contributed by atoms with Crippen LogP contribution < -0.4 is 24.3 Å². The lowest BCUT2D eigenvalue weighted by molar-refractivity contribution is 0.104. The van der Waals surface area contributed by atoms with E-state index in [1.807, 2.05) is 12.1 Å². The number of carbonyl (C=O) groups excluding carboxylic acids is 1. The zero-order chi connectivity index (χ0) is 22.4. The fourth-order valence-electron chi connectivity index (χ4n) is 3.63. The summed E-state index contributed by atoms with van der Waals surface area (Å²) < 4.78 is 21.6. The number of para-hydroxylation sites is 1. The quantitative estimate of drug-likeness (QED) is 0.493. The molecule has 0 aromatic heterocycles. The molecule has 3 rings (SSSR count). The van der Waals surface area contributed by atoms with Crippen LogP contribution in [-0.2, 0) is 0 Å². The van der Waals surface area contributed by atoms with Crippen molar-refractivity contribution in [3.8, 4) is 28.7 Å². The summed E-state index contributed by atoms with van der Waals surface area (Å²) in [5.41, 5.74) is 2.18. The van der Waals surface area contributed by atoms with Crippen LogP contribution in [0.1, 0.15) is 27.9 Å².